The molecule has 1 aromatic heterocycles. The predicted octanol–water partition coefficient (Wildman–Crippen LogP) is 2.57. The second-order valence-corrected chi connectivity index (χ2v) is 6.32. The van der Waals surface area contributed by atoms with Gasteiger partial charge in [-0.2, -0.15) is 5.10 Å². The van der Waals surface area contributed by atoms with Crippen LogP contribution in [0, 0.1) is 0 Å². The van der Waals surface area contributed by atoms with Crippen LogP contribution in [0.4, 0.5) is 5.69 Å². The maximum Gasteiger partial charge on any atom is 0.246 e. The van der Waals surface area contributed by atoms with Crippen molar-refractivity contribution in [3.8, 4) is 16.9 Å². The van der Waals surface area contributed by atoms with Crippen molar-refractivity contribution in [3.05, 3.63) is 66.5 Å². The fourth-order valence-electron chi connectivity index (χ4n) is 2.89. The maximum absolute atomic E-state index is 13.0. The van der Waals surface area contributed by atoms with Crippen LogP contribution >= 0.6 is 0 Å². The minimum Gasteiger partial charge on any atom is -0.497 e. The summed E-state index contributed by atoms with van der Waals surface area (Å²) in [7, 11) is 3.49. The lowest BCUT2D eigenvalue weighted by molar-refractivity contribution is -0.118. The van der Waals surface area contributed by atoms with Gasteiger partial charge in [0, 0.05) is 30.5 Å². The average molecular weight is 379 g/mol. The van der Waals surface area contributed by atoms with Crippen molar-refractivity contribution in [1.82, 2.24) is 20.8 Å². The lowest BCUT2D eigenvalue weighted by Gasteiger charge is -2.19. The third-order valence-corrected chi connectivity index (χ3v) is 4.40. The highest BCUT2D eigenvalue weighted by molar-refractivity contribution is 5.95. The van der Waals surface area contributed by atoms with Crippen LogP contribution in [0.1, 0.15) is 11.6 Å². The van der Waals surface area contributed by atoms with Crippen molar-refractivity contribution in [2.75, 3.05) is 32.6 Å². The van der Waals surface area contributed by atoms with E-state index in [2.05, 4.69) is 26.1 Å². The number of nitrogens with one attached hydrogen (secondary N) is 4. The molecule has 3 rings (SSSR count). The number of H-pyrrole nitrogens is 1. The molecule has 2 aromatic carbocycles. The molecule has 0 aliphatic rings. The van der Waals surface area contributed by atoms with Gasteiger partial charge in [-0.25, -0.2) is 0 Å². The minimum absolute atomic E-state index is 0.125. The predicted molar refractivity (Wildman–Crippen MR) is 110 cm³/mol. The van der Waals surface area contributed by atoms with E-state index in [1.807, 2.05) is 61.8 Å². The van der Waals surface area contributed by atoms with Crippen LogP contribution in [0.25, 0.3) is 11.1 Å². The molecule has 0 fully saturated rings. The molecule has 0 spiro atoms. The lowest BCUT2D eigenvalue weighted by atomic mass is 10.0. The summed E-state index contributed by atoms with van der Waals surface area (Å²) < 4.78 is 5.30. The molecule has 7 nitrogen and oxygen atoms in total. The second-order valence-electron chi connectivity index (χ2n) is 6.32. The third kappa shape index (κ3) is 4.97. The quantitative estimate of drug-likeness (QED) is 0.429. The fraction of sp³-hybridized carbons (Fsp3) is 0.238. The summed E-state index contributed by atoms with van der Waals surface area (Å²) in [6.07, 6.45) is 3.59. The lowest BCUT2D eigenvalue weighted by Crippen LogP contribution is -2.36. The Hall–Kier alpha value is -3.16. The van der Waals surface area contributed by atoms with Crippen molar-refractivity contribution in [2.45, 2.75) is 6.04 Å². The number of amides is 1. The van der Waals surface area contributed by atoms with E-state index >= 15 is 0 Å². The first-order valence-electron chi connectivity index (χ1n) is 9.13. The van der Waals surface area contributed by atoms with Gasteiger partial charge in [-0.3, -0.25) is 9.89 Å². The van der Waals surface area contributed by atoms with E-state index in [1.165, 1.54) is 0 Å². The van der Waals surface area contributed by atoms with Crippen molar-refractivity contribution < 1.29 is 9.53 Å². The molecule has 0 aliphatic heterocycles. The van der Waals surface area contributed by atoms with Gasteiger partial charge in [-0.05, 0) is 42.4 Å². The zero-order valence-corrected chi connectivity index (χ0v) is 16.0. The van der Waals surface area contributed by atoms with E-state index in [0.29, 0.717) is 6.54 Å². The van der Waals surface area contributed by atoms with Crippen LogP contribution in [-0.4, -0.2) is 43.4 Å². The minimum atomic E-state index is -0.489. The van der Waals surface area contributed by atoms with Crippen molar-refractivity contribution in [3.63, 3.8) is 0 Å². The van der Waals surface area contributed by atoms with E-state index in [9.17, 15) is 4.79 Å². The molecule has 7 heteroatoms. The number of aromatic amines is 1. The van der Waals surface area contributed by atoms with Crippen LogP contribution in [0.2, 0.25) is 0 Å². The number of ether oxygens (including phenoxy) is 1. The Labute approximate surface area is 164 Å². The molecule has 0 radical (unpaired) electrons. The van der Waals surface area contributed by atoms with E-state index in [4.69, 9.17) is 4.74 Å². The van der Waals surface area contributed by atoms with Gasteiger partial charge in [-0.15, -0.1) is 0 Å². The Morgan fingerprint density at radius 1 is 1.14 bits per heavy atom. The van der Waals surface area contributed by atoms with Crippen molar-refractivity contribution >= 4 is 11.6 Å². The molecule has 3 aromatic rings. The smallest absolute Gasteiger partial charge is 0.246 e. The van der Waals surface area contributed by atoms with E-state index in [0.717, 1.165) is 34.7 Å². The Balaban J connectivity index is 1.74. The molecule has 28 heavy (non-hydrogen) atoms. The highest BCUT2D eigenvalue weighted by atomic mass is 16.5. The van der Waals surface area contributed by atoms with Gasteiger partial charge >= 0.3 is 0 Å². The fourth-order valence-corrected chi connectivity index (χ4v) is 2.89. The van der Waals surface area contributed by atoms with Crippen LogP contribution in [-0.2, 0) is 4.79 Å². The van der Waals surface area contributed by atoms with Crippen LogP contribution in [0.5, 0.6) is 5.75 Å². The Kier molecular flexibility index (Phi) is 6.78. The number of benzene rings is 2. The second kappa shape index (κ2) is 9.68. The highest BCUT2D eigenvalue weighted by Gasteiger charge is 2.20. The standard InChI is InChI=1S/C21H25N5O2/c1-22-10-11-23-20(16-4-3-5-19(12-16)28-2)21(27)26-18-8-6-15(7-9-18)17-13-24-25-14-17/h3-9,12-14,20,22-23H,10-11H2,1-2H3,(H,24,25)(H,26,27)/t20-/m0/s1. The van der Waals surface area contributed by atoms with Crippen LogP contribution in [0.3, 0.4) is 0 Å². The number of nitrogens with zero attached hydrogens (tertiary/aromatic N) is 1. The number of carbonyl (C=O) groups is 1. The molecule has 4 N–H and O–H groups in total. The van der Waals surface area contributed by atoms with Gasteiger partial charge in [0.05, 0.1) is 13.3 Å². The van der Waals surface area contributed by atoms with Crippen LogP contribution in [0.15, 0.2) is 60.9 Å². The molecular weight excluding hydrogens is 354 g/mol. The van der Waals surface area contributed by atoms with Gasteiger partial charge < -0.3 is 20.7 Å². The van der Waals surface area contributed by atoms with Gasteiger partial charge in [-0.1, -0.05) is 24.3 Å². The Morgan fingerprint density at radius 2 is 1.96 bits per heavy atom. The summed E-state index contributed by atoms with van der Waals surface area (Å²) >= 11 is 0. The van der Waals surface area contributed by atoms with Crippen molar-refractivity contribution in [1.29, 1.82) is 0 Å². The maximum atomic E-state index is 13.0. The molecule has 146 valence electrons. The molecule has 1 heterocycles. The zero-order chi connectivity index (χ0) is 19.8. The summed E-state index contributed by atoms with van der Waals surface area (Å²) in [6.45, 7) is 1.42. The molecular formula is C21H25N5O2. The van der Waals surface area contributed by atoms with Gasteiger partial charge in [0.1, 0.15) is 11.8 Å². The third-order valence-electron chi connectivity index (χ3n) is 4.40. The molecule has 0 bridgehead atoms. The number of rotatable bonds is 9. The molecule has 0 saturated carbocycles. The molecule has 0 saturated heterocycles. The number of hydrogen-bond acceptors (Lipinski definition) is 5. The number of aromatic nitrogens is 2. The molecule has 1 amide bonds. The van der Waals surface area contributed by atoms with E-state index in [1.54, 1.807) is 13.3 Å². The number of hydrogen-bond donors (Lipinski definition) is 4. The van der Waals surface area contributed by atoms with Gasteiger partial charge in [0.15, 0.2) is 0 Å². The monoisotopic (exact) mass is 379 g/mol. The summed E-state index contributed by atoms with van der Waals surface area (Å²) in [5.41, 5.74) is 3.62. The first kappa shape index (κ1) is 19.6. The topological polar surface area (TPSA) is 91.1 Å². The molecule has 0 aliphatic carbocycles. The molecule has 1 atom stereocenters. The summed E-state index contributed by atoms with van der Waals surface area (Å²) in [5, 5.41) is 16.1. The van der Waals surface area contributed by atoms with E-state index < -0.39 is 6.04 Å². The van der Waals surface area contributed by atoms with Gasteiger partial charge in [0.25, 0.3) is 0 Å². The SMILES string of the molecule is CNCCN[C@H](C(=O)Nc1ccc(-c2cn[nH]c2)cc1)c1cccc(OC)c1. The summed E-state index contributed by atoms with van der Waals surface area (Å²) in [4.78, 5) is 13.0. The highest BCUT2D eigenvalue weighted by Crippen LogP contribution is 2.23. The first-order chi connectivity index (χ1) is 13.7. The van der Waals surface area contributed by atoms with Crippen LogP contribution < -0.4 is 20.7 Å². The Bertz CT molecular complexity index is 878. The number of anilines is 1. The number of likely N-dealkylation sites (N-methyl/N-ethyl adjacent to an activating group) is 1. The number of methoxy groups -OCH3 is 1. The zero-order valence-electron chi connectivity index (χ0n) is 16.0. The largest absolute Gasteiger partial charge is 0.497 e. The number of carbonyl (C=O) groups excluding carboxylic acids is 1. The average Bonchev–Trinajstić information content (AvgIpc) is 3.26. The first-order valence-corrected chi connectivity index (χ1v) is 9.13. The summed E-state index contributed by atoms with van der Waals surface area (Å²) in [6, 6.07) is 14.7. The molecule has 0 unspecified atom stereocenters. The Morgan fingerprint density at radius 3 is 2.64 bits per heavy atom. The van der Waals surface area contributed by atoms with Gasteiger partial charge in [0.2, 0.25) is 5.91 Å². The normalized spacial score (nSPS) is 11.8. The van der Waals surface area contributed by atoms with Crippen molar-refractivity contribution in [2.24, 2.45) is 0 Å². The van der Waals surface area contributed by atoms with E-state index in [-0.39, 0.29) is 5.91 Å². The summed E-state index contributed by atoms with van der Waals surface area (Å²) in [5.74, 6) is 0.593.